The number of hydrogen-bond acceptors (Lipinski definition) is 10. The van der Waals surface area contributed by atoms with Crippen LogP contribution in [0.15, 0.2) is 60.7 Å². The zero-order valence-corrected chi connectivity index (χ0v) is 41.8. The maximum absolute atomic E-state index is 16.5. The third kappa shape index (κ3) is 9.48. The Labute approximate surface area is 427 Å². The minimum atomic E-state index is -0.974. The van der Waals surface area contributed by atoms with Crippen LogP contribution in [-0.2, 0) is 28.7 Å². The monoisotopic (exact) mass is 1020 g/mol. The van der Waals surface area contributed by atoms with Crippen molar-refractivity contribution in [2.45, 2.75) is 88.2 Å². The number of aromatic nitrogens is 2. The summed E-state index contributed by atoms with van der Waals surface area (Å²) in [6.07, 6.45) is 8.48. The van der Waals surface area contributed by atoms with E-state index in [2.05, 4.69) is 43.7 Å². The topological polar surface area (TPSA) is 174 Å². The molecule has 5 amide bonds. The number of urea groups is 1. The van der Waals surface area contributed by atoms with Crippen molar-refractivity contribution in [3.8, 4) is 28.4 Å². The van der Waals surface area contributed by atoms with Crippen LogP contribution in [0.2, 0.25) is 5.02 Å². The van der Waals surface area contributed by atoms with Gasteiger partial charge in [0.15, 0.2) is 23.1 Å². The summed E-state index contributed by atoms with van der Waals surface area (Å²) in [5.74, 6) is -1.02. The van der Waals surface area contributed by atoms with Crippen LogP contribution in [0.5, 0.6) is 17.2 Å². The lowest BCUT2D eigenvalue weighted by atomic mass is 9.82. The molecule has 1 saturated carbocycles. The van der Waals surface area contributed by atoms with Gasteiger partial charge in [-0.2, -0.15) is 5.10 Å². The van der Waals surface area contributed by atoms with Crippen molar-refractivity contribution < 1.29 is 42.2 Å². The van der Waals surface area contributed by atoms with Crippen molar-refractivity contribution in [3.63, 3.8) is 0 Å². The first-order valence-electron chi connectivity index (χ1n) is 25.8. The number of imide groups is 1. The van der Waals surface area contributed by atoms with Gasteiger partial charge in [0.2, 0.25) is 17.7 Å². The molecule has 18 heteroatoms. The molecular weight excluding hydrogens is 958 g/mol. The maximum atomic E-state index is 16.5. The number of nitrogens with one attached hydrogen (secondary N) is 2. The quantitative estimate of drug-likeness (QED) is 0.111. The lowest BCUT2D eigenvalue weighted by molar-refractivity contribution is -0.138. The molecule has 15 nitrogen and oxygen atoms in total. The highest BCUT2D eigenvalue weighted by Crippen LogP contribution is 2.53. The van der Waals surface area contributed by atoms with Crippen LogP contribution in [0.4, 0.5) is 19.4 Å². The molecule has 1 atom stereocenters. The van der Waals surface area contributed by atoms with E-state index in [1.165, 1.54) is 17.7 Å². The molecule has 11 rings (SSSR count). The Morgan fingerprint density at radius 2 is 1.64 bits per heavy atom. The zero-order valence-electron chi connectivity index (χ0n) is 41.0. The second-order valence-corrected chi connectivity index (χ2v) is 21.1. The molecule has 1 aliphatic carbocycles. The Hall–Kier alpha value is -6.30. The number of hydrogen-bond donors (Lipinski definition) is 3. The highest BCUT2D eigenvalue weighted by Gasteiger charge is 2.45. The summed E-state index contributed by atoms with van der Waals surface area (Å²) in [6, 6.07) is 18.4. The number of carbonyl (C=O) groups excluding carboxylic acids is 4. The molecule has 6 heterocycles. The predicted octanol–water partition coefficient (Wildman–Crippen LogP) is 7.98. The lowest BCUT2D eigenvalue weighted by Gasteiger charge is -2.39. The summed E-state index contributed by atoms with van der Waals surface area (Å²) < 4.78 is 52.0. The molecule has 6 aliphatic rings. The molecule has 4 aromatic carbocycles. The zero-order chi connectivity index (χ0) is 50.5. The molecule has 73 heavy (non-hydrogen) atoms. The summed E-state index contributed by atoms with van der Waals surface area (Å²) in [7, 11) is 1.90. The number of rotatable bonds is 12. The van der Waals surface area contributed by atoms with Crippen LogP contribution >= 0.6 is 11.6 Å². The maximum Gasteiger partial charge on any atom is 0.329 e. The van der Waals surface area contributed by atoms with E-state index in [1.807, 2.05) is 42.1 Å². The van der Waals surface area contributed by atoms with Crippen LogP contribution in [0.25, 0.3) is 22.0 Å². The van der Waals surface area contributed by atoms with Gasteiger partial charge in [-0.05, 0) is 112 Å². The molecule has 4 N–H and O–H groups in total. The molecule has 384 valence electrons. The Bertz CT molecular complexity index is 2970. The number of carbonyl (C=O) groups is 4. The number of nitrogens with two attached hydrogens (primary N) is 1. The summed E-state index contributed by atoms with van der Waals surface area (Å²) >= 11 is 6.69. The molecule has 0 bridgehead atoms. The van der Waals surface area contributed by atoms with Crippen molar-refractivity contribution in [2.24, 2.45) is 24.6 Å². The van der Waals surface area contributed by atoms with Crippen LogP contribution in [0.3, 0.4) is 0 Å². The number of piperidine rings is 2. The van der Waals surface area contributed by atoms with Crippen LogP contribution in [0, 0.1) is 23.5 Å². The summed E-state index contributed by atoms with van der Waals surface area (Å²) in [4.78, 5) is 57.3. The molecule has 4 fully saturated rings. The van der Waals surface area contributed by atoms with Crippen molar-refractivity contribution in [1.29, 1.82) is 0 Å². The Morgan fingerprint density at radius 3 is 2.38 bits per heavy atom. The number of fused-ring (bicyclic) bond motifs is 3. The van der Waals surface area contributed by atoms with Gasteiger partial charge in [-0.3, -0.25) is 29.3 Å². The Morgan fingerprint density at radius 1 is 0.890 bits per heavy atom. The highest BCUT2D eigenvalue weighted by atomic mass is 35.5. The SMILES string of the molecule is Cn1nc(N2CCC(=O)NC2=O)c2ccc(C3CCN(CC4CCN(C(=O)C5CCC(NCC[C@@]6(c7ccccc7)Cc7c(cc(F)c(Cl)c7-c7c(C(N)=O)cc8c(c7F)OCCO8)O6)CC5)CC4)CC3)cc21. The normalized spacial score (nSPS) is 22.8. The average Bonchev–Trinajstić information content (AvgIpc) is 3.94. The first-order chi connectivity index (χ1) is 35.3. The highest BCUT2D eigenvalue weighted by molar-refractivity contribution is 6.34. The van der Waals surface area contributed by atoms with Crippen molar-refractivity contribution >= 4 is 52.1 Å². The number of amides is 5. The van der Waals surface area contributed by atoms with Gasteiger partial charge in [-0.1, -0.05) is 48.0 Å². The lowest BCUT2D eigenvalue weighted by Crippen LogP contribution is -2.49. The van der Waals surface area contributed by atoms with E-state index in [-0.39, 0.29) is 88.8 Å². The largest absolute Gasteiger partial charge is 0.486 e. The van der Waals surface area contributed by atoms with Gasteiger partial charge in [-0.15, -0.1) is 0 Å². The Balaban J connectivity index is 0.662. The van der Waals surface area contributed by atoms with Gasteiger partial charge < -0.3 is 35.1 Å². The van der Waals surface area contributed by atoms with Gasteiger partial charge in [0.25, 0.3) is 0 Å². The average molecular weight is 1020 g/mol. The molecule has 0 radical (unpaired) electrons. The number of primary amides is 1. The van der Waals surface area contributed by atoms with Gasteiger partial charge in [0, 0.05) is 92.6 Å². The number of likely N-dealkylation sites (tertiary alicyclic amines) is 2. The molecule has 1 aromatic heterocycles. The van der Waals surface area contributed by atoms with E-state index in [0.29, 0.717) is 42.7 Å². The molecule has 3 saturated heterocycles. The second kappa shape index (κ2) is 20.2. The van der Waals surface area contributed by atoms with Gasteiger partial charge in [0.05, 0.1) is 16.1 Å². The fraction of sp³-hybridized carbons (Fsp3) is 0.473. The summed E-state index contributed by atoms with van der Waals surface area (Å²) in [6.45, 7) is 5.84. The van der Waals surface area contributed by atoms with Crippen molar-refractivity contribution in [2.75, 3.05) is 63.9 Å². The minimum absolute atomic E-state index is 0.00357. The molecular formula is C55H61ClF2N8O7. The van der Waals surface area contributed by atoms with Gasteiger partial charge in [0.1, 0.15) is 30.4 Å². The number of nitrogens with zero attached hydrogens (tertiary/aromatic N) is 5. The van der Waals surface area contributed by atoms with Gasteiger partial charge in [-0.25, -0.2) is 13.6 Å². The molecule has 0 spiro atoms. The third-order valence-corrected chi connectivity index (χ3v) is 16.7. The van der Waals surface area contributed by atoms with Gasteiger partial charge >= 0.3 is 6.03 Å². The summed E-state index contributed by atoms with van der Waals surface area (Å²) in [5, 5.41) is 11.3. The molecule has 5 aliphatic heterocycles. The summed E-state index contributed by atoms with van der Waals surface area (Å²) in [5.41, 5.74) is 7.93. The minimum Gasteiger partial charge on any atom is -0.486 e. The van der Waals surface area contributed by atoms with E-state index in [1.54, 1.807) is 4.90 Å². The van der Waals surface area contributed by atoms with E-state index >= 15 is 8.78 Å². The third-order valence-electron chi connectivity index (χ3n) is 16.3. The second-order valence-electron chi connectivity index (χ2n) is 20.7. The fourth-order valence-electron chi connectivity index (χ4n) is 12.4. The van der Waals surface area contributed by atoms with Crippen molar-refractivity contribution in [3.05, 3.63) is 99.6 Å². The van der Waals surface area contributed by atoms with Crippen molar-refractivity contribution in [1.82, 2.24) is 30.2 Å². The van der Waals surface area contributed by atoms with Crippen LogP contribution in [-0.4, -0.2) is 108 Å². The van der Waals surface area contributed by atoms with E-state index in [4.69, 9.17) is 31.5 Å². The van der Waals surface area contributed by atoms with E-state index in [0.717, 1.165) is 101 Å². The van der Waals surface area contributed by atoms with Crippen LogP contribution < -0.4 is 35.5 Å². The fourth-order valence-corrected chi connectivity index (χ4v) is 12.6. The first kappa shape index (κ1) is 48.9. The van der Waals surface area contributed by atoms with E-state index < -0.39 is 29.2 Å². The molecule has 0 unspecified atom stereocenters. The predicted molar refractivity (Wildman–Crippen MR) is 271 cm³/mol. The van der Waals surface area contributed by atoms with E-state index in [9.17, 15) is 19.2 Å². The number of benzene rings is 4. The van der Waals surface area contributed by atoms with Crippen LogP contribution in [0.1, 0.15) is 97.2 Å². The Kier molecular flexibility index (Phi) is 13.5. The number of aryl methyl sites for hydroxylation is 1. The first-order valence-corrected chi connectivity index (χ1v) is 26.2. The number of halogens is 3. The number of ether oxygens (including phenoxy) is 3. The smallest absolute Gasteiger partial charge is 0.329 e. The number of anilines is 1. The molecule has 5 aromatic rings. The standard InChI is InChI=1S/C55H61ClF2N8O7/c1-63-42-27-35(9-12-38(42)52(62-63)66-24-17-45(67)61-54(66)70)33-15-20-64(21-16-33)31-32-13-22-65(23-14-32)53(69)34-7-10-37(11-8-34)60-19-18-55(36-5-3-2-4-6-36)30-40-43(73-55)29-41(57)48(56)46(40)47-39(51(59)68)28-44-50(49(47)58)72-26-25-71-44/h2-6,9,12,27-29,32-34,37,60H,7-8,10-11,13-26,30-31H2,1H3,(H2,59,68)(H,61,67,70)/t34?,37?,55-/m0/s1.